The minimum atomic E-state index is 0.0496. The Hall–Kier alpha value is -0.860. The molecule has 2 heteroatoms. The van der Waals surface area contributed by atoms with Crippen molar-refractivity contribution < 1.29 is 5.11 Å². The number of aliphatic hydroxyl groups is 1. The van der Waals surface area contributed by atoms with Crippen LogP contribution in [-0.4, -0.2) is 17.8 Å². The van der Waals surface area contributed by atoms with Crippen molar-refractivity contribution in [3.8, 4) is 0 Å². The molecule has 2 unspecified atom stereocenters. The average molecular weight is 221 g/mol. The zero-order chi connectivity index (χ0) is 12.1. The fourth-order valence-corrected chi connectivity index (χ4v) is 1.93. The fourth-order valence-electron chi connectivity index (χ4n) is 1.93. The van der Waals surface area contributed by atoms with Crippen LogP contribution in [0.25, 0.3) is 0 Å². The van der Waals surface area contributed by atoms with E-state index in [1.165, 1.54) is 16.7 Å². The molecule has 0 heterocycles. The summed E-state index contributed by atoms with van der Waals surface area (Å²) in [4.78, 5) is 0. The Morgan fingerprint density at radius 3 is 2.19 bits per heavy atom. The Bertz CT molecular complexity index is 315. The van der Waals surface area contributed by atoms with Crippen LogP contribution in [0.4, 0.5) is 0 Å². The van der Waals surface area contributed by atoms with Crippen molar-refractivity contribution in [1.29, 1.82) is 0 Å². The lowest BCUT2D eigenvalue weighted by atomic mass is 10.0. The van der Waals surface area contributed by atoms with Crippen molar-refractivity contribution in [1.82, 2.24) is 5.32 Å². The van der Waals surface area contributed by atoms with E-state index in [0.717, 1.165) is 6.42 Å². The van der Waals surface area contributed by atoms with E-state index in [9.17, 15) is 5.11 Å². The zero-order valence-electron chi connectivity index (χ0n) is 10.7. The molecular weight excluding hydrogens is 198 g/mol. The minimum Gasteiger partial charge on any atom is -0.394 e. The average Bonchev–Trinajstić information content (AvgIpc) is 2.24. The van der Waals surface area contributed by atoms with Gasteiger partial charge in [-0.1, -0.05) is 36.2 Å². The molecule has 0 spiro atoms. The second kappa shape index (κ2) is 6.02. The smallest absolute Gasteiger partial charge is 0.0626 e. The second-order valence-electron chi connectivity index (χ2n) is 4.63. The number of rotatable bonds is 5. The first-order chi connectivity index (χ1) is 7.56. The van der Waals surface area contributed by atoms with E-state index in [4.69, 9.17) is 0 Å². The third-order valence-electron chi connectivity index (χ3n) is 2.93. The summed E-state index contributed by atoms with van der Waals surface area (Å²) in [6.45, 7) is 8.62. The Balaban J connectivity index is 2.86. The number of nitrogens with one attached hydrogen (secondary N) is 1. The number of benzene rings is 1. The van der Waals surface area contributed by atoms with Gasteiger partial charge in [-0.15, -0.1) is 0 Å². The molecule has 0 aliphatic heterocycles. The molecule has 0 saturated heterocycles. The van der Waals surface area contributed by atoms with E-state index in [1.54, 1.807) is 0 Å². The van der Waals surface area contributed by atoms with Crippen LogP contribution in [0.5, 0.6) is 0 Å². The number of aryl methyl sites for hydroxylation is 2. The summed E-state index contributed by atoms with van der Waals surface area (Å²) in [6, 6.07) is 6.92. The van der Waals surface area contributed by atoms with E-state index >= 15 is 0 Å². The monoisotopic (exact) mass is 221 g/mol. The highest BCUT2D eigenvalue weighted by molar-refractivity contribution is 5.30. The molecule has 0 amide bonds. The molecular formula is C14H23NO. The van der Waals surface area contributed by atoms with Gasteiger partial charge in [-0.25, -0.2) is 0 Å². The van der Waals surface area contributed by atoms with Crippen molar-refractivity contribution in [2.75, 3.05) is 6.61 Å². The lowest BCUT2D eigenvalue weighted by Crippen LogP contribution is -2.32. The molecule has 0 aliphatic carbocycles. The van der Waals surface area contributed by atoms with E-state index < -0.39 is 0 Å². The van der Waals surface area contributed by atoms with Crippen molar-refractivity contribution in [3.05, 3.63) is 34.9 Å². The molecule has 0 saturated carbocycles. The van der Waals surface area contributed by atoms with Gasteiger partial charge in [-0.2, -0.15) is 0 Å². The molecule has 16 heavy (non-hydrogen) atoms. The van der Waals surface area contributed by atoms with Gasteiger partial charge in [0.2, 0.25) is 0 Å². The molecule has 0 bridgehead atoms. The normalized spacial score (nSPS) is 14.8. The highest BCUT2D eigenvalue weighted by Crippen LogP contribution is 2.17. The van der Waals surface area contributed by atoms with Gasteiger partial charge in [0, 0.05) is 6.04 Å². The van der Waals surface area contributed by atoms with Crippen LogP contribution in [-0.2, 0) is 0 Å². The van der Waals surface area contributed by atoms with Gasteiger partial charge in [-0.3, -0.25) is 0 Å². The second-order valence-corrected chi connectivity index (χ2v) is 4.63. The first-order valence-corrected chi connectivity index (χ1v) is 6.02. The van der Waals surface area contributed by atoms with Crippen molar-refractivity contribution in [2.24, 2.45) is 0 Å². The summed E-state index contributed by atoms with van der Waals surface area (Å²) in [5.41, 5.74) is 3.68. The molecule has 2 N–H and O–H groups in total. The third kappa shape index (κ3) is 3.62. The van der Waals surface area contributed by atoms with E-state index in [2.05, 4.69) is 51.2 Å². The van der Waals surface area contributed by atoms with Crippen LogP contribution in [0, 0.1) is 13.8 Å². The van der Waals surface area contributed by atoms with Crippen LogP contribution in [0.15, 0.2) is 18.2 Å². The molecule has 1 aromatic carbocycles. The largest absolute Gasteiger partial charge is 0.394 e. The summed E-state index contributed by atoms with van der Waals surface area (Å²) >= 11 is 0. The van der Waals surface area contributed by atoms with Crippen molar-refractivity contribution >= 4 is 0 Å². The van der Waals surface area contributed by atoms with Gasteiger partial charge < -0.3 is 10.4 Å². The molecule has 90 valence electrons. The van der Waals surface area contributed by atoms with Crippen molar-refractivity contribution in [2.45, 2.75) is 46.2 Å². The summed E-state index contributed by atoms with van der Waals surface area (Å²) in [5.74, 6) is 0. The lowest BCUT2D eigenvalue weighted by molar-refractivity contribution is 0.234. The quantitative estimate of drug-likeness (QED) is 0.801. The molecule has 0 fully saturated rings. The predicted octanol–water partition coefficient (Wildman–Crippen LogP) is 2.72. The van der Waals surface area contributed by atoms with Crippen LogP contribution in [0.2, 0.25) is 0 Å². The Morgan fingerprint density at radius 1 is 1.19 bits per heavy atom. The molecule has 1 aromatic rings. The van der Waals surface area contributed by atoms with E-state index in [1.807, 2.05) is 0 Å². The van der Waals surface area contributed by atoms with Crippen LogP contribution in [0.1, 0.15) is 43.0 Å². The molecule has 0 aromatic heterocycles. The van der Waals surface area contributed by atoms with E-state index in [-0.39, 0.29) is 12.6 Å². The molecule has 2 nitrogen and oxygen atoms in total. The van der Waals surface area contributed by atoms with Crippen LogP contribution >= 0.6 is 0 Å². The third-order valence-corrected chi connectivity index (χ3v) is 2.93. The number of hydrogen-bond acceptors (Lipinski definition) is 2. The summed E-state index contributed by atoms with van der Waals surface area (Å²) < 4.78 is 0. The lowest BCUT2D eigenvalue weighted by Gasteiger charge is -2.22. The Kier molecular flexibility index (Phi) is 4.97. The van der Waals surface area contributed by atoms with Gasteiger partial charge in [0.25, 0.3) is 0 Å². The first kappa shape index (κ1) is 13.2. The maximum Gasteiger partial charge on any atom is 0.0626 e. The Morgan fingerprint density at radius 2 is 1.75 bits per heavy atom. The summed E-state index contributed by atoms with van der Waals surface area (Å²) in [7, 11) is 0. The van der Waals surface area contributed by atoms with Crippen molar-refractivity contribution in [3.63, 3.8) is 0 Å². The summed E-state index contributed by atoms with van der Waals surface area (Å²) in [6.07, 6.45) is 1.07. The van der Waals surface area contributed by atoms with Gasteiger partial charge in [-0.05, 0) is 32.8 Å². The van der Waals surface area contributed by atoms with Gasteiger partial charge in [0.1, 0.15) is 0 Å². The van der Waals surface area contributed by atoms with Crippen LogP contribution < -0.4 is 5.32 Å². The minimum absolute atomic E-state index is 0.0496. The maximum atomic E-state index is 9.44. The SMILES string of the molecule is CCC(C)NC(CO)c1cc(C)cc(C)c1. The zero-order valence-corrected chi connectivity index (χ0v) is 10.7. The number of aliphatic hydroxyl groups excluding tert-OH is 1. The van der Waals surface area contributed by atoms with Crippen LogP contribution in [0.3, 0.4) is 0 Å². The van der Waals surface area contributed by atoms with E-state index in [0.29, 0.717) is 6.04 Å². The molecule has 1 rings (SSSR count). The highest BCUT2D eigenvalue weighted by Gasteiger charge is 2.12. The standard InChI is InChI=1S/C14H23NO/c1-5-12(4)15-14(9-16)13-7-10(2)6-11(3)8-13/h6-8,12,14-16H,5,9H2,1-4H3. The predicted molar refractivity (Wildman–Crippen MR) is 68.6 cm³/mol. The van der Waals surface area contributed by atoms with Gasteiger partial charge >= 0.3 is 0 Å². The fraction of sp³-hybridized carbons (Fsp3) is 0.571. The summed E-state index contributed by atoms with van der Waals surface area (Å²) in [5, 5.41) is 12.9. The van der Waals surface area contributed by atoms with Gasteiger partial charge in [0.15, 0.2) is 0 Å². The highest BCUT2D eigenvalue weighted by atomic mass is 16.3. The first-order valence-electron chi connectivity index (χ1n) is 6.02. The Labute approximate surface area is 98.7 Å². The maximum absolute atomic E-state index is 9.44. The van der Waals surface area contributed by atoms with Gasteiger partial charge in [0.05, 0.1) is 12.6 Å². The molecule has 0 aliphatic rings. The number of hydrogen-bond donors (Lipinski definition) is 2. The topological polar surface area (TPSA) is 32.3 Å². The molecule has 0 radical (unpaired) electrons. The molecule has 2 atom stereocenters.